The van der Waals surface area contributed by atoms with Crippen molar-refractivity contribution in [3.63, 3.8) is 0 Å². The molecule has 3 aromatic rings. The lowest BCUT2D eigenvalue weighted by molar-refractivity contribution is 0.0952. The fraction of sp³-hybridized carbons (Fsp3) is 0.292. The Morgan fingerprint density at radius 2 is 1.71 bits per heavy atom. The molecule has 0 radical (unpaired) electrons. The van der Waals surface area contributed by atoms with Gasteiger partial charge in [0.05, 0.1) is 11.3 Å². The molecule has 0 unspecified atom stereocenters. The van der Waals surface area contributed by atoms with Crippen LogP contribution in [0.25, 0.3) is 16.9 Å². The standard InChI is InChI=1S/C24H27ClN2O/c1-3-4-5-9-16-26-24(28)22-17-23(19-12-14-20(25)15-13-19)27(18(22)2)21-10-7-6-8-11-21/h6-8,10-15,17H,3-5,9,16H2,1-2H3,(H,26,28). The molecule has 1 aromatic heterocycles. The van der Waals surface area contributed by atoms with Gasteiger partial charge < -0.3 is 9.88 Å². The average Bonchev–Trinajstić information content (AvgIpc) is 3.06. The van der Waals surface area contributed by atoms with Gasteiger partial charge in [-0.15, -0.1) is 0 Å². The van der Waals surface area contributed by atoms with E-state index in [-0.39, 0.29) is 5.91 Å². The number of hydrogen-bond acceptors (Lipinski definition) is 1. The number of unbranched alkanes of at least 4 members (excludes halogenated alkanes) is 3. The number of carbonyl (C=O) groups excluding carboxylic acids is 1. The minimum atomic E-state index is -0.0149. The average molecular weight is 395 g/mol. The number of nitrogens with zero attached hydrogens (tertiary/aromatic N) is 1. The van der Waals surface area contributed by atoms with E-state index >= 15 is 0 Å². The second kappa shape index (κ2) is 9.61. The first-order valence-corrected chi connectivity index (χ1v) is 10.3. The second-order valence-corrected chi connectivity index (χ2v) is 7.46. The minimum Gasteiger partial charge on any atom is -0.352 e. The summed E-state index contributed by atoms with van der Waals surface area (Å²) in [5, 5.41) is 3.78. The van der Waals surface area contributed by atoms with Crippen molar-refractivity contribution in [2.75, 3.05) is 6.54 Å². The molecular weight excluding hydrogens is 368 g/mol. The number of aromatic nitrogens is 1. The van der Waals surface area contributed by atoms with Crippen molar-refractivity contribution < 1.29 is 4.79 Å². The van der Waals surface area contributed by atoms with E-state index in [9.17, 15) is 4.79 Å². The van der Waals surface area contributed by atoms with Gasteiger partial charge in [0, 0.05) is 22.9 Å². The van der Waals surface area contributed by atoms with Gasteiger partial charge in [0.2, 0.25) is 0 Å². The number of hydrogen-bond donors (Lipinski definition) is 1. The molecule has 0 bridgehead atoms. The van der Waals surface area contributed by atoms with Crippen molar-refractivity contribution in [2.24, 2.45) is 0 Å². The van der Waals surface area contributed by atoms with Gasteiger partial charge >= 0.3 is 0 Å². The van der Waals surface area contributed by atoms with E-state index in [2.05, 4.69) is 28.9 Å². The van der Waals surface area contributed by atoms with Gasteiger partial charge in [-0.3, -0.25) is 4.79 Å². The van der Waals surface area contributed by atoms with E-state index in [1.807, 2.05) is 55.5 Å². The lowest BCUT2D eigenvalue weighted by atomic mass is 10.1. The van der Waals surface area contributed by atoms with E-state index in [0.717, 1.165) is 35.5 Å². The molecule has 0 atom stereocenters. The van der Waals surface area contributed by atoms with Crippen molar-refractivity contribution in [1.82, 2.24) is 9.88 Å². The van der Waals surface area contributed by atoms with Crippen molar-refractivity contribution in [2.45, 2.75) is 39.5 Å². The zero-order valence-electron chi connectivity index (χ0n) is 16.5. The summed E-state index contributed by atoms with van der Waals surface area (Å²) in [6, 6.07) is 19.8. The number of halogens is 1. The summed E-state index contributed by atoms with van der Waals surface area (Å²) in [5.41, 5.74) is 4.69. The smallest absolute Gasteiger partial charge is 0.253 e. The number of benzene rings is 2. The summed E-state index contributed by atoms with van der Waals surface area (Å²) in [6.07, 6.45) is 4.57. The van der Waals surface area contributed by atoms with E-state index in [0.29, 0.717) is 17.1 Å². The molecule has 4 heteroatoms. The summed E-state index contributed by atoms with van der Waals surface area (Å²) in [4.78, 5) is 12.8. The monoisotopic (exact) mass is 394 g/mol. The van der Waals surface area contributed by atoms with Gasteiger partial charge in [-0.1, -0.05) is 68.1 Å². The predicted molar refractivity (Wildman–Crippen MR) is 117 cm³/mol. The fourth-order valence-corrected chi connectivity index (χ4v) is 3.55. The molecule has 3 rings (SSSR count). The molecule has 0 aliphatic heterocycles. The molecule has 1 heterocycles. The highest BCUT2D eigenvalue weighted by Crippen LogP contribution is 2.30. The maximum Gasteiger partial charge on any atom is 0.253 e. The maximum atomic E-state index is 12.8. The third-order valence-corrected chi connectivity index (χ3v) is 5.21. The first-order chi connectivity index (χ1) is 13.6. The molecule has 0 aliphatic carbocycles. The van der Waals surface area contributed by atoms with E-state index < -0.39 is 0 Å². The van der Waals surface area contributed by atoms with Crippen LogP contribution in [0.15, 0.2) is 60.7 Å². The van der Waals surface area contributed by atoms with Crippen molar-refractivity contribution >= 4 is 17.5 Å². The van der Waals surface area contributed by atoms with Gasteiger partial charge in [-0.05, 0) is 49.2 Å². The Morgan fingerprint density at radius 3 is 2.39 bits per heavy atom. The first-order valence-electron chi connectivity index (χ1n) is 9.93. The third kappa shape index (κ3) is 4.66. The largest absolute Gasteiger partial charge is 0.352 e. The number of para-hydroxylation sites is 1. The molecule has 1 N–H and O–H groups in total. The summed E-state index contributed by atoms with van der Waals surface area (Å²) in [6.45, 7) is 4.90. The zero-order chi connectivity index (χ0) is 19.9. The summed E-state index contributed by atoms with van der Waals surface area (Å²) >= 11 is 6.07. The van der Waals surface area contributed by atoms with E-state index in [1.54, 1.807) is 0 Å². The van der Waals surface area contributed by atoms with Crippen LogP contribution in [0.2, 0.25) is 5.02 Å². The molecule has 146 valence electrons. The Morgan fingerprint density at radius 1 is 1.00 bits per heavy atom. The molecule has 0 fully saturated rings. The summed E-state index contributed by atoms with van der Waals surface area (Å²) < 4.78 is 2.13. The first kappa shape index (κ1) is 20.2. The fourth-order valence-electron chi connectivity index (χ4n) is 3.43. The van der Waals surface area contributed by atoms with Crippen molar-refractivity contribution in [3.05, 3.63) is 76.9 Å². The lowest BCUT2D eigenvalue weighted by Gasteiger charge is -2.12. The van der Waals surface area contributed by atoms with Crippen LogP contribution in [0.4, 0.5) is 0 Å². The molecular formula is C24H27ClN2O. The van der Waals surface area contributed by atoms with Crippen molar-refractivity contribution in [3.8, 4) is 16.9 Å². The van der Waals surface area contributed by atoms with Crippen LogP contribution in [-0.2, 0) is 0 Å². The lowest BCUT2D eigenvalue weighted by Crippen LogP contribution is -2.24. The molecule has 1 amide bonds. The SMILES string of the molecule is CCCCCCNC(=O)c1cc(-c2ccc(Cl)cc2)n(-c2ccccc2)c1C. The third-order valence-electron chi connectivity index (χ3n) is 4.96. The molecule has 0 aliphatic rings. The normalized spacial score (nSPS) is 10.8. The Hall–Kier alpha value is -2.52. The topological polar surface area (TPSA) is 34.0 Å². The number of rotatable bonds is 8. The predicted octanol–water partition coefficient (Wildman–Crippen LogP) is 6.42. The van der Waals surface area contributed by atoms with Gasteiger partial charge in [0.25, 0.3) is 5.91 Å². The highest BCUT2D eigenvalue weighted by molar-refractivity contribution is 6.30. The number of nitrogens with one attached hydrogen (secondary N) is 1. The van der Waals surface area contributed by atoms with E-state index in [1.165, 1.54) is 12.8 Å². The van der Waals surface area contributed by atoms with Crippen LogP contribution < -0.4 is 5.32 Å². The molecule has 0 spiro atoms. The Balaban J connectivity index is 1.94. The van der Waals surface area contributed by atoms with Crippen LogP contribution in [0.3, 0.4) is 0 Å². The van der Waals surface area contributed by atoms with Crippen LogP contribution in [0.5, 0.6) is 0 Å². The van der Waals surface area contributed by atoms with Crippen LogP contribution in [0, 0.1) is 6.92 Å². The Labute approximate surface area is 172 Å². The van der Waals surface area contributed by atoms with Crippen LogP contribution >= 0.6 is 11.6 Å². The minimum absolute atomic E-state index is 0.0149. The summed E-state index contributed by atoms with van der Waals surface area (Å²) in [5.74, 6) is -0.0149. The quantitative estimate of drug-likeness (QED) is 0.439. The van der Waals surface area contributed by atoms with Gasteiger partial charge in [0.1, 0.15) is 0 Å². The molecule has 3 nitrogen and oxygen atoms in total. The number of carbonyl (C=O) groups is 1. The molecule has 0 saturated heterocycles. The number of amides is 1. The highest BCUT2D eigenvalue weighted by atomic mass is 35.5. The van der Waals surface area contributed by atoms with Crippen LogP contribution in [0.1, 0.15) is 48.7 Å². The maximum absolute atomic E-state index is 12.8. The highest BCUT2D eigenvalue weighted by Gasteiger charge is 2.19. The van der Waals surface area contributed by atoms with Gasteiger partial charge in [-0.25, -0.2) is 0 Å². The van der Waals surface area contributed by atoms with Gasteiger partial charge in [-0.2, -0.15) is 0 Å². The van der Waals surface area contributed by atoms with Crippen LogP contribution in [-0.4, -0.2) is 17.0 Å². The molecule has 2 aromatic carbocycles. The van der Waals surface area contributed by atoms with Gasteiger partial charge in [0.15, 0.2) is 0 Å². The zero-order valence-corrected chi connectivity index (χ0v) is 17.3. The Bertz CT molecular complexity index is 914. The van der Waals surface area contributed by atoms with Crippen molar-refractivity contribution in [1.29, 1.82) is 0 Å². The Kier molecular flexibility index (Phi) is 6.94. The summed E-state index contributed by atoms with van der Waals surface area (Å²) in [7, 11) is 0. The molecule has 0 saturated carbocycles. The second-order valence-electron chi connectivity index (χ2n) is 7.02. The molecule has 28 heavy (non-hydrogen) atoms. The van der Waals surface area contributed by atoms with E-state index in [4.69, 9.17) is 11.6 Å².